The Labute approximate surface area is 163 Å². The minimum Gasteiger partial charge on any atom is -0.494 e. The monoisotopic (exact) mass is 374 g/mol. The first-order chi connectivity index (χ1) is 13.2. The molecule has 2 N–H and O–H groups in total. The second-order valence-corrected chi connectivity index (χ2v) is 6.83. The number of carbonyl (C=O) groups is 1. The van der Waals surface area contributed by atoms with Crippen LogP contribution >= 0.6 is 0 Å². The summed E-state index contributed by atoms with van der Waals surface area (Å²) in [5.41, 5.74) is 1.23. The van der Waals surface area contributed by atoms with Crippen LogP contribution in [0.2, 0.25) is 0 Å². The molecular weight excluding hydrogens is 340 g/mol. The van der Waals surface area contributed by atoms with Crippen LogP contribution in [0.15, 0.2) is 29.3 Å². The Morgan fingerprint density at radius 3 is 2.93 bits per heavy atom. The highest BCUT2D eigenvalue weighted by Crippen LogP contribution is 2.14. The fourth-order valence-electron chi connectivity index (χ4n) is 3.15. The van der Waals surface area contributed by atoms with Gasteiger partial charge < -0.3 is 20.3 Å². The molecule has 27 heavy (non-hydrogen) atoms. The number of hydrogen-bond acceptors (Lipinski definition) is 3. The van der Waals surface area contributed by atoms with Gasteiger partial charge in [-0.05, 0) is 43.9 Å². The van der Waals surface area contributed by atoms with E-state index in [4.69, 9.17) is 9.73 Å². The largest absolute Gasteiger partial charge is 0.494 e. The Hall–Kier alpha value is -2.24. The Kier molecular flexibility index (Phi) is 8.95. The van der Waals surface area contributed by atoms with Crippen molar-refractivity contribution in [2.75, 3.05) is 32.8 Å². The molecule has 6 nitrogen and oxygen atoms in total. The quantitative estimate of drug-likeness (QED) is 0.515. The van der Waals surface area contributed by atoms with Crippen molar-refractivity contribution < 1.29 is 9.53 Å². The number of likely N-dealkylation sites (tertiary alicyclic amines) is 1. The second kappa shape index (κ2) is 11.5. The van der Waals surface area contributed by atoms with Crippen molar-refractivity contribution in [3.63, 3.8) is 0 Å². The Balaban J connectivity index is 1.85. The molecule has 0 saturated carbocycles. The third-order valence-corrected chi connectivity index (χ3v) is 4.57. The smallest absolute Gasteiger partial charge is 0.222 e. The number of nitrogens with zero attached hydrogens (tertiary/aromatic N) is 2. The van der Waals surface area contributed by atoms with E-state index in [1.54, 1.807) is 0 Å². The molecule has 6 heteroatoms. The summed E-state index contributed by atoms with van der Waals surface area (Å²) in [5.74, 6) is 1.98. The maximum absolute atomic E-state index is 11.8. The lowest BCUT2D eigenvalue weighted by atomic mass is 10.1. The first-order valence-corrected chi connectivity index (χ1v) is 10.2. The van der Waals surface area contributed by atoms with Gasteiger partial charge in [-0.3, -0.25) is 9.79 Å². The van der Waals surface area contributed by atoms with Gasteiger partial charge >= 0.3 is 0 Å². The first-order valence-electron chi connectivity index (χ1n) is 10.2. The summed E-state index contributed by atoms with van der Waals surface area (Å²) in [7, 11) is 0. The minimum atomic E-state index is 0.228. The van der Waals surface area contributed by atoms with Crippen molar-refractivity contribution in [1.29, 1.82) is 0 Å². The zero-order chi connectivity index (χ0) is 19.5. The highest BCUT2D eigenvalue weighted by atomic mass is 16.5. The van der Waals surface area contributed by atoms with Crippen LogP contribution in [0.25, 0.3) is 0 Å². The van der Waals surface area contributed by atoms with Crippen molar-refractivity contribution in [2.45, 2.75) is 52.5 Å². The number of ether oxygens (including phenoxy) is 1. The number of carbonyl (C=O) groups excluding carboxylic acids is 1. The van der Waals surface area contributed by atoms with Gasteiger partial charge in [0.25, 0.3) is 0 Å². The van der Waals surface area contributed by atoms with Crippen LogP contribution in [0.5, 0.6) is 5.75 Å². The third-order valence-electron chi connectivity index (χ3n) is 4.57. The van der Waals surface area contributed by atoms with Crippen molar-refractivity contribution in [3.05, 3.63) is 29.8 Å². The van der Waals surface area contributed by atoms with Gasteiger partial charge in [0.1, 0.15) is 5.75 Å². The number of nitrogens with one attached hydrogen (secondary N) is 2. The average Bonchev–Trinajstić information content (AvgIpc) is 3.14. The lowest BCUT2D eigenvalue weighted by molar-refractivity contribution is -0.129. The fraction of sp³-hybridized carbons (Fsp3) is 0.619. The summed E-state index contributed by atoms with van der Waals surface area (Å²) in [6, 6.07) is 8.50. The molecule has 1 aliphatic rings. The third kappa shape index (κ3) is 7.12. The lowest BCUT2D eigenvalue weighted by Crippen LogP contribution is -2.45. The van der Waals surface area contributed by atoms with Crippen LogP contribution < -0.4 is 15.4 Å². The van der Waals surface area contributed by atoms with Crippen LogP contribution in [0.3, 0.4) is 0 Å². The van der Waals surface area contributed by atoms with Crippen LogP contribution in [0.4, 0.5) is 0 Å². The molecule has 0 radical (unpaired) electrons. The highest BCUT2D eigenvalue weighted by molar-refractivity contribution is 5.80. The number of hydrogen-bond donors (Lipinski definition) is 2. The maximum Gasteiger partial charge on any atom is 0.222 e. The summed E-state index contributed by atoms with van der Waals surface area (Å²) < 4.78 is 5.70. The molecule has 1 saturated heterocycles. The van der Waals surface area contributed by atoms with Gasteiger partial charge in [-0.2, -0.15) is 0 Å². The average molecular weight is 375 g/mol. The Morgan fingerprint density at radius 2 is 2.19 bits per heavy atom. The van der Waals surface area contributed by atoms with Gasteiger partial charge in [0.15, 0.2) is 5.96 Å². The molecule has 2 rings (SSSR count). The summed E-state index contributed by atoms with van der Waals surface area (Å²) in [4.78, 5) is 18.5. The SMILES string of the molecule is CCCOc1cccc(CCN=C(NCC)NC2CCN(C(=O)CC)C2)c1. The number of amides is 1. The molecule has 0 spiro atoms. The van der Waals surface area contributed by atoms with Gasteiger partial charge in [-0.15, -0.1) is 0 Å². The minimum absolute atomic E-state index is 0.228. The van der Waals surface area contributed by atoms with Gasteiger partial charge in [0.2, 0.25) is 5.91 Å². The molecule has 1 heterocycles. The van der Waals surface area contributed by atoms with Crippen molar-refractivity contribution >= 4 is 11.9 Å². The molecule has 0 aromatic heterocycles. The van der Waals surface area contributed by atoms with E-state index in [1.165, 1.54) is 5.56 Å². The predicted octanol–water partition coefficient (Wildman–Crippen LogP) is 2.58. The van der Waals surface area contributed by atoms with Crippen LogP contribution in [-0.4, -0.2) is 55.6 Å². The van der Waals surface area contributed by atoms with Gasteiger partial charge in [-0.1, -0.05) is 26.0 Å². The molecule has 150 valence electrons. The van der Waals surface area contributed by atoms with Gasteiger partial charge in [0, 0.05) is 38.6 Å². The highest BCUT2D eigenvalue weighted by Gasteiger charge is 2.25. The summed E-state index contributed by atoms with van der Waals surface area (Å²) >= 11 is 0. The second-order valence-electron chi connectivity index (χ2n) is 6.83. The van der Waals surface area contributed by atoms with Gasteiger partial charge in [-0.25, -0.2) is 0 Å². The zero-order valence-corrected chi connectivity index (χ0v) is 17.0. The topological polar surface area (TPSA) is 66.0 Å². The number of aliphatic imine (C=N–C) groups is 1. The van der Waals surface area contributed by atoms with Crippen LogP contribution in [-0.2, 0) is 11.2 Å². The van der Waals surface area contributed by atoms with E-state index < -0.39 is 0 Å². The lowest BCUT2D eigenvalue weighted by Gasteiger charge is -2.18. The molecular formula is C21H34N4O2. The van der Waals surface area contributed by atoms with E-state index in [0.29, 0.717) is 13.0 Å². The molecule has 0 bridgehead atoms. The van der Waals surface area contributed by atoms with E-state index in [9.17, 15) is 4.79 Å². The van der Waals surface area contributed by atoms with Crippen molar-refractivity contribution in [3.8, 4) is 5.75 Å². The molecule has 1 atom stereocenters. The molecule has 1 aliphatic heterocycles. The van der Waals surface area contributed by atoms with Gasteiger partial charge in [0.05, 0.1) is 6.61 Å². The Morgan fingerprint density at radius 1 is 1.33 bits per heavy atom. The standard InChI is InChI=1S/C21H34N4O2/c1-4-14-27-19-9-7-8-17(15-19)10-12-23-21(22-6-3)24-18-11-13-25(16-18)20(26)5-2/h7-9,15,18H,4-6,10-14,16H2,1-3H3,(H2,22,23,24). The normalized spacial score (nSPS) is 17.1. The maximum atomic E-state index is 11.8. The zero-order valence-electron chi connectivity index (χ0n) is 17.0. The molecule has 1 aromatic rings. The predicted molar refractivity (Wildman–Crippen MR) is 110 cm³/mol. The summed E-state index contributed by atoms with van der Waals surface area (Å²) in [5, 5.41) is 6.78. The Bertz CT molecular complexity index is 618. The summed E-state index contributed by atoms with van der Waals surface area (Å²) in [6.07, 6.45) is 3.41. The van der Waals surface area contributed by atoms with Crippen molar-refractivity contribution in [2.24, 2.45) is 4.99 Å². The summed E-state index contributed by atoms with van der Waals surface area (Å²) in [6.45, 7) is 9.93. The number of rotatable bonds is 9. The molecule has 1 amide bonds. The molecule has 0 aliphatic carbocycles. The van der Waals surface area contributed by atoms with E-state index in [1.807, 2.05) is 24.0 Å². The first kappa shape index (κ1) is 21.1. The molecule has 1 unspecified atom stereocenters. The van der Waals surface area contributed by atoms with Crippen molar-refractivity contribution in [1.82, 2.24) is 15.5 Å². The molecule has 1 fully saturated rings. The van der Waals surface area contributed by atoms with E-state index in [2.05, 4.69) is 36.6 Å². The number of benzene rings is 1. The van der Waals surface area contributed by atoms with Crippen LogP contribution in [0, 0.1) is 0 Å². The van der Waals surface area contributed by atoms with Crippen LogP contribution in [0.1, 0.15) is 45.6 Å². The number of guanidine groups is 1. The van der Waals surface area contributed by atoms with E-state index in [0.717, 1.165) is 57.2 Å². The molecule has 1 aromatic carbocycles. The van der Waals surface area contributed by atoms with E-state index in [-0.39, 0.29) is 11.9 Å². The fourth-order valence-corrected chi connectivity index (χ4v) is 3.15. The van der Waals surface area contributed by atoms with E-state index >= 15 is 0 Å².